The zero-order valence-electron chi connectivity index (χ0n) is 12.0. The van der Waals surface area contributed by atoms with Crippen LogP contribution in [0.3, 0.4) is 0 Å². The van der Waals surface area contributed by atoms with E-state index in [2.05, 4.69) is 20.2 Å². The molecule has 3 N–H and O–H groups in total. The van der Waals surface area contributed by atoms with E-state index in [9.17, 15) is 4.79 Å². The third-order valence-corrected chi connectivity index (χ3v) is 4.32. The van der Waals surface area contributed by atoms with Gasteiger partial charge >= 0.3 is 0 Å². The van der Waals surface area contributed by atoms with Gasteiger partial charge in [0, 0.05) is 32.1 Å². The van der Waals surface area contributed by atoms with E-state index in [1.165, 1.54) is 12.8 Å². The van der Waals surface area contributed by atoms with E-state index < -0.39 is 5.41 Å². The Morgan fingerprint density at radius 3 is 2.80 bits per heavy atom. The van der Waals surface area contributed by atoms with Crippen LogP contribution in [0.15, 0.2) is 6.07 Å². The molecule has 1 aliphatic carbocycles. The summed E-state index contributed by atoms with van der Waals surface area (Å²) in [5.74, 6) is 2.93. The van der Waals surface area contributed by atoms with Gasteiger partial charge in [0.15, 0.2) is 0 Å². The summed E-state index contributed by atoms with van der Waals surface area (Å²) < 4.78 is 0. The predicted octanol–water partition coefficient (Wildman–Crippen LogP) is 1.10. The van der Waals surface area contributed by atoms with E-state index in [0.29, 0.717) is 12.5 Å². The number of nitrogens with zero attached hydrogens (tertiary/aromatic N) is 3. The lowest BCUT2D eigenvalue weighted by Crippen LogP contribution is -2.37. The molecular weight excluding hydrogens is 254 g/mol. The Morgan fingerprint density at radius 1 is 1.50 bits per heavy atom. The van der Waals surface area contributed by atoms with Crippen LogP contribution in [0.4, 0.5) is 11.6 Å². The Balaban J connectivity index is 1.87. The Morgan fingerprint density at radius 2 is 2.25 bits per heavy atom. The monoisotopic (exact) mass is 275 g/mol. The highest BCUT2D eigenvalue weighted by Crippen LogP contribution is 2.40. The number of carbonyl (C=O) groups is 1. The number of anilines is 2. The van der Waals surface area contributed by atoms with E-state index in [1.54, 1.807) is 0 Å². The Hall–Kier alpha value is -1.85. The third-order valence-electron chi connectivity index (χ3n) is 4.32. The van der Waals surface area contributed by atoms with Gasteiger partial charge < -0.3 is 16.0 Å². The molecule has 0 aromatic carbocycles. The SMILES string of the molecule is CNc1cc(N2CCC(C)(C(N)=O)C2)nc(C2CC2)n1. The van der Waals surface area contributed by atoms with Crippen LogP contribution in [0.1, 0.15) is 37.9 Å². The van der Waals surface area contributed by atoms with Crippen molar-refractivity contribution in [3.05, 3.63) is 11.9 Å². The molecule has 6 nitrogen and oxygen atoms in total. The quantitative estimate of drug-likeness (QED) is 0.859. The molecule has 2 fully saturated rings. The second-order valence-corrected chi connectivity index (χ2v) is 6.09. The zero-order valence-corrected chi connectivity index (χ0v) is 12.0. The minimum Gasteiger partial charge on any atom is -0.373 e. The fourth-order valence-electron chi connectivity index (χ4n) is 2.62. The number of nitrogens with two attached hydrogens (primary N) is 1. The Labute approximate surface area is 118 Å². The maximum absolute atomic E-state index is 11.6. The number of aromatic nitrogens is 2. The average Bonchev–Trinajstić information content (AvgIpc) is 3.21. The van der Waals surface area contributed by atoms with Crippen LogP contribution >= 0.6 is 0 Å². The molecule has 3 rings (SSSR count). The molecule has 1 saturated heterocycles. The topological polar surface area (TPSA) is 84.1 Å². The van der Waals surface area contributed by atoms with Crippen molar-refractivity contribution in [2.24, 2.45) is 11.1 Å². The average molecular weight is 275 g/mol. The molecule has 6 heteroatoms. The molecule has 20 heavy (non-hydrogen) atoms. The molecule has 2 heterocycles. The van der Waals surface area contributed by atoms with Crippen molar-refractivity contribution in [3.8, 4) is 0 Å². The molecule has 1 aliphatic heterocycles. The lowest BCUT2D eigenvalue weighted by molar-refractivity contribution is -0.125. The minimum absolute atomic E-state index is 0.231. The normalized spacial score (nSPS) is 25.8. The van der Waals surface area contributed by atoms with E-state index in [1.807, 2.05) is 20.0 Å². The number of nitrogens with one attached hydrogen (secondary N) is 1. The highest BCUT2D eigenvalue weighted by atomic mass is 16.1. The van der Waals surface area contributed by atoms with Gasteiger partial charge in [0.2, 0.25) is 5.91 Å². The molecule has 1 saturated carbocycles. The molecule has 1 aromatic rings. The molecule has 0 radical (unpaired) electrons. The molecule has 108 valence electrons. The second kappa shape index (κ2) is 4.61. The van der Waals surface area contributed by atoms with Crippen LogP contribution in [-0.4, -0.2) is 36.0 Å². The van der Waals surface area contributed by atoms with Crippen molar-refractivity contribution in [2.45, 2.75) is 32.1 Å². The first kappa shape index (κ1) is 13.1. The van der Waals surface area contributed by atoms with Gasteiger partial charge in [-0.2, -0.15) is 0 Å². The highest BCUT2D eigenvalue weighted by Gasteiger charge is 2.39. The first-order chi connectivity index (χ1) is 9.51. The fourth-order valence-corrected chi connectivity index (χ4v) is 2.62. The van der Waals surface area contributed by atoms with Crippen molar-refractivity contribution in [3.63, 3.8) is 0 Å². The van der Waals surface area contributed by atoms with Crippen molar-refractivity contribution in [1.29, 1.82) is 0 Å². The van der Waals surface area contributed by atoms with Gasteiger partial charge in [-0.1, -0.05) is 0 Å². The van der Waals surface area contributed by atoms with Crippen LogP contribution < -0.4 is 16.0 Å². The molecule has 1 amide bonds. The summed E-state index contributed by atoms with van der Waals surface area (Å²) in [5.41, 5.74) is 5.05. The van der Waals surface area contributed by atoms with Crippen LogP contribution in [0.2, 0.25) is 0 Å². The summed E-state index contributed by atoms with van der Waals surface area (Å²) in [6, 6.07) is 1.94. The van der Waals surface area contributed by atoms with Gasteiger partial charge in [0.25, 0.3) is 0 Å². The molecule has 1 atom stereocenters. The number of amides is 1. The fraction of sp³-hybridized carbons (Fsp3) is 0.643. The smallest absolute Gasteiger partial charge is 0.225 e. The molecule has 0 bridgehead atoms. The number of hydrogen-bond acceptors (Lipinski definition) is 5. The van der Waals surface area contributed by atoms with E-state index in [4.69, 9.17) is 5.73 Å². The van der Waals surface area contributed by atoms with Crippen LogP contribution in [-0.2, 0) is 4.79 Å². The zero-order chi connectivity index (χ0) is 14.3. The maximum atomic E-state index is 11.6. The van der Waals surface area contributed by atoms with Crippen LogP contribution in [0.5, 0.6) is 0 Å². The summed E-state index contributed by atoms with van der Waals surface area (Å²) in [5, 5.41) is 3.09. The van der Waals surface area contributed by atoms with Gasteiger partial charge in [0.05, 0.1) is 5.41 Å². The molecule has 0 spiro atoms. The second-order valence-electron chi connectivity index (χ2n) is 6.09. The van der Waals surface area contributed by atoms with E-state index >= 15 is 0 Å². The van der Waals surface area contributed by atoms with Crippen molar-refractivity contribution < 1.29 is 4.79 Å². The van der Waals surface area contributed by atoms with Gasteiger partial charge in [-0.25, -0.2) is 9.97 Å². The number of rotatable bonds is 4. The van der Waals surface area contributed by atoms with Gasteiger partial charge in [-0.05, 0) is 26.2 Å². The Bertz CT molecular complexity index is 542. The highest BCUT2D eigenvalue weighted by molar-refractivity contribution is 5.82. The predicted molar refractivity (Wildman–Crippen MR) is 77.7 cm³/mol. The molecule has 1 aromatic heterocycles. The summed E-state index contributed by atoms with van der Waals surface area (Å²) in [7, 11) is 1.86. The van der Waals surface area contributed by atoms with Gasteiger partial charge in [-0.3, -0.25) is 4.79 Å². The van der Waals surface area contributed by atoms with Gasteiger partial charge in [-0.15, -0.1) is 0 Å². The van der Waals surface area contributed by atoms with Crippen molar-refractivity contribution in [2.75, 3.05) is 30.4 Å². The lowest BCUT2D eigenvalue weighted by Gasteiger charge is -2.22. The number of hydrogen-bond donors (Lipinski definition) is 2. The van der Waals surface area contributed by atoms with E-state index in [0.717, 1.165) is 30.4 Å². The van der Waals surface area contributed by atoms with Gasteiger partial charge in [0.1, 0.15) is 17.5 Å². The van der Waals surface area contributed by atoms with Crippen LogP contribution in [0, 0.1) is 5.41 Å². The number of primary amides is 1. The van der Waals surface area contributed by atoms with Crippen molar-refractivity contribution >= 4 is 17.5 Å². The third kappa shape index (κ3) is 2.30. The van der Waals surface area contributed by atoms with Crippen molar-refractivity contribution in [1.82, 2.24) is 9.97 Å². The molecule has 1 unspecified atom stereocenters. The molecular formula is C14H21N5O. The number of carbonyl (C=O) groups excluding carboxylic acids is 1. The summed E-state index contributed by atoms with van der Waals surface area (Å²) in [6.07, 6.45) is 3.12. The summed E-state index contributed by atoms with van der Waals surface area (Å²) in [6.45, 7) is 3.37. The first-order valence-electron chi connectivity index (χ1n) is 7.13. The van der Waals surface area contributed by atoms with Crippen LogP contribution in [0.25, 0.3) is 0 Å². The minimum atomic E-state index is -0.454. The largest absolute Gasteiger partial charge is 0.373 e. The summed E-state index contributed by atoms with van der Waals surface area (Å²) in [4.78, 5) is 22.9. The summed E-state index contributed by atoms with van der Waals surface area (Å²) >= 11 is 0. The molecule has 2 aliphatic rings. The maximum Gasteiger partial charge on any atom is 0.225 e. The Kier molecular flexibility index (Phi) is 3.03. The lowest BCUT2D eigenvalue weighted by atomic mass is 9.89. The van der Waals surface area contributed by atoms with E-state index in [-0.39, 0.29) is 5.91 Å². The first-order valence-corrected chi connectivity index (χ1v) is 7.13. The standard InChI is InChI=1S/C14H21N5O/c1-14(13(15)20)5-6-19(8-14)11-7-10(16-2)17-12(18-11)9-3-4-9/h7,9H,3-6,8H2,1-2H3,(H2,15,20)(H,16,17,18).